The molecule has 0 aliphatic carbocycles. The Morgan fingerprint density at radius 3 is 2.33 bits per heavy atom. The van der Waals surface area contributed by atoms with Crippen LogP contribution < -0.4 is 17.7 Å². The van der Waals surface area contributed by atoms with E-state index in [2.05, 4.69) is 19.2 Å². The molecule has 1 rings (SSSR count). The lowest BCUT2D eigenvalue weighted by Gasteiger charge is -2.30. The average Bonchev–Trinajstić information content (AvgIpc) is 1.65. The first kappa shape index (κ1) is 9.21. The molecule has 0 aromatic carbocycles. The highest BCUT2D eigenvalue weighted by Crippen LogP contribution is 2.08. The lowest BCUT2D eigenvalue weighted by Crippen LogP contribution is -3.00. The van der Waals surface area contributed by atoms with Crippen molar-refractivity contribution in [3.63, 3.8) is 0 Å². The molecular formula is C6H13ClNO-. The molecule has 1 N–H and O–H groups in total. The molecule has 0 aromatic heterocycles. The maximum Gasteiger partial charge on any atom is 0.0750 e. The third kappa shape index (κ3) is 3.04. The number of nitrogens with one attached hydrogen (secondary N) is 1. The second kappa shape index (κ2) is 3.40. The third-order valence-corrected chi connectivity index (χ3v) is 1.32. The second-order valence-electron chi connectivity index (χ2n) is 2.78. The van der Waals surface area contributed by atoms with E-state index in [-0.39, 0.29) is 18.0 Å². The largest absolute Gasteiger partial charge is 1.00 e. The van der Waals surface area contributed by atoms with E-state index in [0.29, 0.717) is 0 Å². The molecule has 0 spiro atoms. The molecule has 1 heterocycles. The van der Waals surface area contributed by atoms with Crippen LogP contribution in [-0.4, -0.2) is 25.3 Å². The third-order valence-electron chi connectivity index (χ3n) is 1.32. The number of ether oxygens (including phenoxy) is 1. The summed E-state index contributed by atoms with van der Waals surface area (Å²) in [7, 11) is 0. The van der Waals surface area contributed by atoms with Crippen molar-refractivity contribution in [1.82, 2.24) is 5.32 Å². The Morgan fingerprint density at radius 2 is 2.11 bits per heavy atom. The monoisotopic (exact) mass is 150 g/mol. The summed E-state index contributed by atoms with van der Waals surface area (Å²) < 4.78 is 5.40. The molecule has 0 radical (unpaired) electrons. The number of rotatable bonds is 0. The minimum Gasteiger partial charge on any atom is -1.00 e. The zero-order valence-corrected chi connectivity index (χ0v) is 6.66. The number of hydrogen-bond donors (Lipinski definition) is 1. The summed E-state index contributed by atoms with van der Waals surface area (Å²) in [6.45, 7) is 7.03. The smallest absolute Gasteiger partial charge is 0.0750 e. The summed E-state index contributed by atoms with van der Waals surface area (Å²) in [5, 5.41) is 3.25. The normalized spacial score (nSPS) is 24.7. The maximum atomic E-state index is 5.40. The first-order valence-corrected chi connectivity index (χ1v) is 3.05. The first-order chi connectivity index (χ1) is 3.71. The minimum absolute atomic E-state index is 0. The van der Waals surface area contributed by atoms with E-state index in [1.165, 1.54) is 0 Å². The van der Waals surface area contributed by atoms with Gasteiger partial charge in [-0.15, -0.1) is 0 Å². The quantitative estimate of drug-likeness (QED) is 0.409. The van der Waals surface area contributed by atoms with Gasteiger partial charge < -0.3 is 22.5 Å². The Bertz CT molecular complexity index is 77.1. The molecule has 0 atom stereocenters. The number of hydrogen-bond acceptors (Lipinski definition) is 2. The van der Waals surface area contributed by atoms with Gasteiger partial charge in [-0.1, -0.05) is 0 Å². The van der Waals surface area contributed by atoms with Gasteiger partial charge in [-0.25, -0.2) is 0 Å². The zero-order chi connectivity index (χ0) is 6.04. The van der Waals surface area contributed by atoms with Gasteiger partial charge in [0.15, 0.2) is 0 Å². The standard InChI is InChI=1S/C6H13NO.ClH/c1-6(2)5-7-3-4-8-6;/h7H,3-5H2,1-2H3;1H/p-1. The fraction of sp³-hybridized carbons (Fsp3) is 1.00. The van der Waals surface area contributed by atoms with Gasteiger partial charge in [0.1, 0.15) is 0 Å². The van der Waals surface area contributed by atoms with E-state index < -0.39 is 0 Å². The van der Waals surface area contributed by atoms with Gasteiger partial charge in [-0.05, 0) is 13.8 Å². The number of morpholine rings is 1. The highest BCUT2D eigenvalue weighted by Gasteiger charge is 2.20. The summed E-state index contributed by atoms with van der Waals surface area (Å²) in [5.41, 5.74) is 0.0677. The van der Waals surface area contributed by atoms with E-state index in [4.69, 9.17) is 4.74 Å². The average molecular weight is 151 g/mol. The molecule has 56 valence electrons. The molecule has 0 saturated carbocycles. The van der Waals surface area contributed by atoms with Crippen LogP contribution >= 0.6 is 0 Å². The lowest BCUT2D eigenvalue weighted by molar-refractivity contribution is -0.0384. The fourth-order valence-corrected chi connectivity index (χ4v) is 0.840. The van der Waals surface area contributed by atoms with Crippen molar-refractivity contribution in [3.8, 4) is 0 Å². The summed E-state index contributed by atoms with van der Waals surface area (Å²) in [5.74, 6) is 0. The molecule has 0 amide bonds. The Labute approximate surface area is 62.4 Å². The first-order valence-electron chi connectivity index (χ1n) is 3.05. The van der Waals surface area contributed by atoms with Crippen LogP contribution in [0.3, 0.4) is 0 Å². The van der Waals surface area contributed by atoms with E-state index in [0.717, 1.165) is 19.7 Å². The summed E-state index contributed by atoms with van der Waals surface area (Å²) >= 11 is 0. The molecule has 1 saturated heterocycles. The molecule has 0 unspecified atom stereocenters. The van der Waals surface area contributed by atoms with Crippen molar-refractivity contribution in [1.29, 1.82) is 0 Å². The van der Waals surface area contributed by atoms with Crippen molar-refractivity contribution in [2.24, 2.45) is 0 Å². The van der Waals surface area contributed by atoms with Crippen LogP contribution in [0, 0.1) is 0 Å². The van der Waals surface area contributed by atoms with E-state index in [9.17, 15) is 0 Å². The highest BCUT2D eigenvalue weighted by atomic mass is 35.5. The topological polar surface area (TPSA) is 21.3 Å². The number of halogens is 1. The van der Waals surface area contributed by atoms with Crippen LogP contribution in [0.5, 0.6) is 0 Å². The molecule has 9 heavy (non-hydrogen) atoms. The molecule has 1 fully saturated rings. The SMILES string of the molecule is CC1(C)CNCCO1.[Cl-]. The van der Waals surface area contributed by atoms with Crippen molar-refractivity contribution in [2.75, 3.05) is 19.7 Å². The Kier molecular flexibility index (Phi) is 3.48. The van der Waals surface area contributed by atoms with Gasteiger partial charge in [0.05, 0.1) is 12.2 Å². The van der Waals surface area contributed by atoms with Gasteiger partial charge in [-0.2, -0.15) is 0 Å². The molecule has 2 nitrogen and oxygen atoms in total. The van der Waals surface area contributed by atoms with Crippen LogP contribution in [-0.2, 0) is 4.74 Å². The van der Waals surface area contributed by atoms with Gasteiger partial charge in [0.2, 0.25) is 0 Å². The van der Waals surface area contributed by atoms with Crippen LogP contribution in [0.1, 0.15) is 13.8 Å². The van der Waals surface area contributed by atoms with Crippen molar-refractivity contribution in [3.05, 3.63) is 0 Å². The molecule has 0 bridgehead atoms. The maximum absolute atomic E-state index is 5.40. The van der Waals surface area contributed by atoms with E-state index >= 15 is 0 Å². The van der Waals surface area contributed by atoms with E-state index in [1.54, 1.807) is 0 Å². The highest BCUT2D eigenvalue weighted by molar-refractivity contribution is 4.75. The molecule has 1 aliphatic heterocycles. The lowest BCUT2D eigenvalue weighted by atomic mass is 10.1. The molecule has 0 aromatic rings. The molecule has 1 aliphatic rings. The van der Waals surface area contributed by atoms with Gasteiger partial charge in [-0.3, -0.25) is 0 Å². The van der Waals surface area contributed by atoms with Crippen molar-refractivity contribution >= 4 is 0 Å². The Morgan fingerprint density at radius 1 is 1.44 bits per heavy atom. The van der Waals surface area contributed by atoms with Crippen LogP contribution in [0.4, 0.5) is 0 Å². The van der Waals surface area contributed by atoms with Crippen LogP contribution in [0.2, 0.25) is 0 Å². The Balaban J connectivity index is 0.000000640. The summed E-state index contributed by atoms with van der Waals surface area (Å²) in [6.07, 6.45) is 0. The van der Waals surface area contributed by atoms with Crippen LogP contribution in [0.15, 0.2) is 0 Å². The zero-order valence-electron chi connectivity index (χ0n) is 5.91. The van der Waals surface area contributed by atoms with E-state index in [1.807, 2.05) is 0 Å². The predicted octanol–water partition coefficient (Wildman–Crippen LogP) is -2.61. The van der Waals surface area contributed by atoms with Gasteiger partial charge in [0, 0.05) is 13.1 Å². The van der Waals surface area contributed by atoms with Gasteiger partial charge in [0.25, 0.3) is 0 Å². The molecular weight excluding hydrogens is 138 g/mol. The summed E-state index contributed by atoms with van der Waals surface area (Å²) in [4.78, 5) is 0. The Hall–Kier alpha value is 0.210. The van der Waals surface area contributed by atoms with Crippen molar-refractivity contribution < 1.29 is 17.1 Å². The minimum atomic E-state index is 0. The van der Waals surface area contributed by atoms with Crippen molar-refractivity contribution in [2.45, 2.75) is 19.4 Å². The fourth-order valence-electron chi connectivity index (χ4n) is 0.840. The van der Waals surface area contributed by atoms with Crippen LogP contribution in [0.25, 0.3) is 0 Å². The second-order valence-corrected chi connectivity index (χ2v) is 2.78. The predicted molar refractivity (Wildman–Crippen MR) is 32.9 cm³/mol. The summed E-state index contributed by atoms with van der Waals surface area (Å²) in [6, 6.07) is 0. The molecule has 3 heteroatoms. The van der Waals surface area contributed by atoms with Gasteiger partial charge >= 0.3 is 0 Å².